The number of carbonyl (C=O) groups is 1. The van der Waals surface area contributed by atoms with Crippen molar-refractivity contribution in [2.45, 2.75) is 0 Å². The molecule has 1 aromatic heterocycles. The molecule has 8 heteroatoms. The van der Waals surface area contributed by atoms with Crippen LogP contribution in [0.3, 0.4) is 0 Å². The third-order valence-corrected chi connectivity index (χ3v) is 3.84. The van der Waals surface area contributed by atoms with Crippen LogP contribution < -0.4 is 20.1 Å². The van der Waals surface area contributed by atoms with Crippen LogP contribution in [0.25, 0.3) is 0 Å². The molecule has 0 radical (unpaired) electrons. The zero-order chi connectivity index (χ0) is 18.6. The lowest BCUT2D eigenvalue weighted by molar-refractivity contribution is 0.0601. The molecule has 1 aliphatic heterocycles. The molecule has 0 atom stereocenters. The molecule has 136 valence electrons. The zero-order valence-corrected chi connectivity index (χ0v) is 14.4. The number of methoxy groups -OCH3 is 1. The van der Waals surface area contributed by atoms with Crippen LogP contribution in [0.15, 0.2) is 54.7 Å². The number of hydrogen-bond acceptors (Lipinski definition) is 8. The normalized spacial score (nSPS) is 11.7. The van der Waals surface area contributed by atoms with E-state index in [-0.39, 0.29) is 6.79 Å². The fourth-order valence-electron chi connectivity index (χ4n) is 2.58. The molecule has 4 rings (SSSR count). The molecule has 0 aliphatic carbocycles. The summed E-state index contributed by atoms with van der Waals surface area (Å²) in [4.78, 5) is 20.3. The van der Waals surface area contributed by atoms with Gasteiger partial charge in [-0.1, -0.05) is 6.07 Å². The molecule has 1 aliphatic rings. The number of benzene rings is 2. The van der Waals surface area contributed by atoms with Gasteiger partial charge in [-0.05, 0) is 36.4 Å². The quantitative estimate of drug-likeness (QED) is 0.665. The van der Waals surface area contributed by atoms with Gasteiger partial charge in [0, 0.05) is 23.6 Å². The minimum absolute atomic E-state index is 0.227. The summed E-state index contributed by atoms with van der Waals surface area (Å²) in [5, 5.41) is 6.27. The Labute approximate surface area is 155 Å². The summed E-state index contributed by atoms with van der Waals surface area (Å²) in [6.45, 7) is 0.227. The predicted molar refractivity (Wildman–Crippen MR) is 98.9 cm³/mol. The number of ether oxygens (including phenoxy) is 3. The van der Waals surface area contributed by atoms with Gasteiger partial charge in [-0.2, -0.15) is 4.98 Å². The van der Waals surface area contributed by atoms with Gasteiger partial charge in [-0.15, -0.1) is 0 Å². The summed E-state index contributed by atoms with van der Waals surface area (Å²) in [5.41, 5.74) is 1.94. The first-order valence-corrected chi connectivity index (χ1v) is 8.16. The maximum absolute atomic E-state index is 11.6. The van der Waals surface area contributed by atoms with Crippen LogP contribution in [0.1, 0.15) is 10.4 Å². The number of rotatable bonds is 5. The number of fused-ring (bicyclic) bond motifs is 1. The highest BCUT2D eigenvalue weighted by molar-refractivity contribution is 5.90. The second-order valence-corrected chi connectivity index (χ2v) is 5.66. The van der Waals surface area contributed by atoms with Crippen LogP contribution in [-0.2, 0) is 4.74 Å². The van der Waals surface area contributed by atoms with E-state index in [2.05, 4.69) is 20.6 Å². The minimum Gasteiger partial charge on any atom is -0.465 e. The summed E-state index contributed by atoms with van der Waals surface area (Å²) in [6.07, 6.45) is 1.63. The Kier molecular flexibility index (Phi) is 4.44. The van der Waals surface area contributed by atoms with E-state index >= 15 is 0 Å². The maximum atomic E-state index is 11.6. The maximum Gasteiger partial charge on any atom is 0.337 e. The molecule has 0 saturated carbocycles. The Morgan fingerprint density at radius 2 is 1.89 bits per heavy atom. The van der Waals surface area contributed by atoms with E-state index in [1.807, 2.05) is 24.3 Å². The highest BCUT2D eigenvalue weighted by atomic mass is 16.7. The molecule has 2 heterocycles. The van der Waals surface area contributed by atoms with Crippen LogP contribution in [0.4, 0.5) is 23.1 Å². The molecule has 0 bridgehead atoms. The van der Waals surface area contributed by atoms with Gasteiger partial charge >= 0.3 is 5.97 Å². The van der Waals surface area contributed by atoms with E-state index in [9.17, 15) is 4.79 Å². The molecular formula is C19H16N4O4. The summed E-state index contributed by atoms with van der Waals surface area (Å²) < 4.78 is 15.4. The van der Waals surface area contributed by atoms with Crippen LogP contribution in [0, 0.1) is 0 Å². The topological polar surface area (TPSA) is 94.6 Å². The van der Waals surface area contributed by atoms with Gasteiger partial charge in [0.2, 0.25) is 12.7 Å². The van der Waals surface area contributed by atoms with Crippen LogP contribution in [-0.4, -0.2) is 29.8 Å². The van der Waals surface area contributed by atoms with Crippen molar-refractivity contribution < 1.29 is 19.0 Å². The first-order chi connectivity index (χ1) is 13.2. The molecule has 3 aromatic rings. The lowest BCUT2D eigenvalue weighted by Gasteiger charge is -2.09. The van der Waals surface area contributed by atoms with E-state index in [1.165, 1.54) is 7.11 Å². The zero-order valence-electron chi connectivity index (χ0n) is 14.4. The molecule has 0 unspecified atom stereocenters. The number of anilines is 4. The third kappa shape index (κ3) is 3.74. The van der Waals surface area contributed by atoms with Gasteiger partial charge in [0.25, 0.3) is 0 Å². The Hall–Kier alpha value is -3.81. The van der Waals surface area contributed by atoms with E-state index < -0.39 is 5.97 Å². The van der Waals surface area contributed by atoms with E-state index in [4.69, 9.17) is 14.2 Å². The number of nitrogens with zero attached hydrogens (tertiary/aromatic N) is 2. The second-order valence-electron chi connectivity index (χ2n) is 5.66. The van der Waals surface area contributed by atoms with Gasteiger partial charge in [0.05, 0.1) is 12.7 Å². The van der Waals surface area contributed by atoms with Crippen LogP contribution in [0.5, 0.6) is 11.5 Å². The first-order valence-electron chi connectivity index (χ1n) is 8.16. The van der Waals surface area contributed by atoms with E-state index in [0.717, 1.165) is 11.4 Å². The number of carbonyl (C=O) groups excluding carboxylic acids is 1. The van der Waals surface area contributed by atoms with E-state index in [1.54, 1.807) is 30.5 Å². The molecule has 0 fully saturated rings. The average Bonchev–Trinajstić information content (AvgIpc) is 3.16. The van der Waals surface area contributed by atoms with Crippen molar-refractivity contribution >= 4 is 29.1 Å². The lowest BCUT2D eigenvalue weighted by Crippen LogP contribution is -2.03. The van der Waals surface area contributed by atoms with Gasteiger partial charge in [0.15, 0.2) is 11.5 Å². The molecule has 27 heavy (non-hydrogen) atoms. The Balaban J connectivity index is 1.50. The van der Waals surface area contributed by atoms with Crippen LogP contribution >= 0.6 is 0 Å². The smallest absolute Gasteiger partial charge is 0.337 e. The fraction of sp³-hybridized carbons (Fsp3) is 0.105. The third-order valence-electron chi connectivity index (χ3n) is 3.84. The lowest BCUT2D eigenvalue weighted by atomic mass is 10.2. The predicted octanol–water partition coefficient (Wildman–Crippen LogP) is 3.48. The minimum atomic E-state index is -0.405. The highest BCUT2D eigenvalue weighted by Crippen LogP contribution is 2.34. The Morgan fingerprint density at radius 3 is 2.78 bits per heavy atom. The molecule has 8 nitrogen and oxygen atoms in total. The number of hydrogen-bond donors (Lipinski definition) is 2. The molecular weight excluding hydrogens is 348 g/mol. The summed E-state index contributed by atoms with van der Waals surface area (Å²) in [5.74, 6) is 2.00. The van der Waals surface area contributed by atoms with Gasteiger partial charge in [-0.25, -0.2) is 9.78 Å². The number of nitrogens with one attached hydrogen (secondary N) is 2. The van der Waals surface area contributed by atoms with Gasteiger partial charge < -0.3 is 24.8 Å². The SMILES string of the molecule is COC(=O)c1cccc(Nc2nccc(Nc3ccc4c(c3)OCO4)n2)c1. The summed E-state index contributed by atoms with van der Waals surface area (Å²) in [7, 11) is 1.34. The Morgan fingerprint density at radius 1 is 1.04 bits per heavy atom. The van der Waals surface area contributed by atoms with E-state index in [0.29, 0.717) is 28.8 Å². The van der Waals surface area contributed by atoms with Gasteiger partial charge in [-0.3, -0.25) is 0 Å². The van der Waals surface area contributed by atoms with Crippen molar-refractivity contribution in [2.75, 3.05) is 24.5 Å². The van der Waals surface area contributed by atoms with Crippen LogP contribution in [0.2, 0.25) is 0 Å². The van der Waals surface area contributed by atoms with Crippen molar-refractivity contribution in [3.05, 3.63) is 60.3 Å². The number of esters is 1. The number of aromatic nitrogens is 2. The standard InChI is InChI=1S/C19H16N4O4/c1-25-18(24)12-3-2-4-13(9-12)22-19-20-8-7-17(23-19)21-14-5-6-15-16(10-14)27-11-26-15/h2-10H,11H2,1H3,(H2,20,21,22,23). The molecule has 0 saturated heterocycles. The van der Waals surface area contributed by atoms with Crippen molar-refractivity contribution in [3.8, 4) is 11.5 Å². The molecule has 0 spiro atoms. The second kappa shape index (κ2) is 7.20. The molecule has 2 aromatic carbocycles. The van der Waals surface area contributed by atoms with Crippen molar-refractivity contribution in [1.82, 2.24) is 9.97 Å². The summed E-state index contributed by atoms with van der Waals surface area (Å²) >= 11 is 0. The van der Waals surface area contributed by atoms with Crippen molar-refractivity contribution in [1.29, 1.82) is 0 Å². The largest absolute Gasteiger partial charge is 0.465 e. The Bertz CT molecular complexity index is 993. The monoisotopic (exact) mass is 364 g/mol. The van der Waals surface area contributed by atoms with Crippen molar-refractivity contribution in [2.24, 2.45) is 0 Å². The molecule has 2 N–H and O–H groups in total. The van der Waals surface area contributed by atoms with Crippen molar-refractivity contribution in [3.63, 3.8) is 0 Å². The average molecular weight is 364 g/mol. The summed E-state index contributed by atoms with van der Waals surface area (Å²) in [6, 6.07) is 14.2. The molecule has 0 amide bonds. The highest BCUT2D eigenvalue weighted by Gasteiger charge is 2.13. The first kappa shape index (κ1) is 16.6. The fourth-order valence-corrected chi connectivity index (χ4v) is 2.58. The van der Waals surface area contributed by atoms with Gasteiger partial charge in [0.1, 0.15) is 5.82 Å².